The molecule has 0 spiro atoms. The van der Waals surface area contributed by atoms with Gasteiger partial charge in [0.25, 0.3) is 0 Å². The fourth-order valence-corrected chi connectivity index (χ4v) is 2.74. The van der Waals surface area contributed by atoms with E-state index in [1.54, 1.807) is 11.3 Å². The molecule has 0 aromatic carbocycles. The van der Waals surface area contributed by atoms with Gasteiger partial charge in [-0.15, -0.1) is 11.3 Å². The highest BCUT2D eigenvalue weighted by atomic mass is 32.1. The Kier molecular flexibility index (Phi) is 8.28. The molecule has 1 aromatic heterocycles. The van der Waals surface area contributed by atoms with Crippen molar-refractivity contribution in [2.24, 2.45) is 0 Å². The summed E-state index contributed by atoms with van der Waals surface area (Å²) in [6, 6.07) is 0.483. The fourth-order valence-electron chi connectivity index (χ4n) is 1.99. The van der Waals surface area contributed by atoms with Gasteiger partial charge in [0.05, 0.1) is 6.04 Å². The first-order valence-electron chi connectivity index (χ1n) is 7.01. The Morgan fingerprint density at radius 3 is 2.65 bits per heavy atom. The van der Waals surface area contributed by atoms with Gasteiger partial charge in [-0.3, -0.25) is 0 Å². The first-order chi connectivity index (χ1) is 8.38. The van der Waals surface area contributed by atoms with E-state index in [-0.39, 0.29) is 0 Å². The standard InChI is InChI=1S/C14H26N2S/c1-3-5-6-7-8-9-13(15-10-4-2)14-16-11-12-17-14/h11-13,15H,3-10H2,1-2H3. The van der Waals surface area contributed by atoms with Gasteiger partial charge in [0.15, 0.2) is 0 Å². The van der Waals surface area contributed by atoms with Crippen LogP contribution in [0.15, 0.2) is 11.6 Å². The molecule has 2 nitrogen and oxygen atoms in total. The first kappa shape index (κ1) is 14.7. The van der Waals surface area contributed by atoms with Crippen molar-refractivity contribution < 1.29 is 0 Å². The molecular weight excluding hydrogens is 228 g/mol. The highest BCUT2D eigenvalue weighted by molar-refractivity contribution is 7.09. The number of thiazole rings is 1. The number of unbranched alkanes of at least 4 members (excludes halogenated alkanes) is 4. The highest BCUT2D eigenvalue weighted by Gasteiger charge is 2.12. The van der Waals surface area contributed by atoms with Crippen LogP contribution >= 0.6 is 11.3 Å². The van der Waals surface area contributed by atoms with Gasteiger partial charge >= 0.3 is 0 Å². The predicted molar refractivity (Wildman–Crippen MR) is 76.5 cm³/mol. The Morgan fingerprint density at radius 2 is 2.00 bits per heavy atom. The number of rotatable bonds is 10. The molecule has 0 saturated heterocycles. The Bertz CT molecular complexity index is 259. The SMILES string of the molecule is CCCCCCCC(NCCC)c1nccs1. The molecule has 0 radical (unpaired) electrons. The van der Waals surface area contributed by atoms with Gasteiger partial charge in [-0.1, -0.05) is 46.0 Å². The highest BCUT2D eigenvalue weighted by Crippen LogP contribution is 2.22. The third kappa shape index (κ3) is 6.18. The number of aromatic nitrogens is 1. The Morgan fingerprint density at radius 1 is 1.18 bits per heavy atom. The van der Waals surface area contributed by atoms with Crippen LogP contribution in [0, 0.1) is 0 Å². The molecule has 1 aromatic rings. The summed E-state index contributed by atoms with van der Waals surface area (Å²) in [6.45, 7) is 5.58. The third-order valence-electron chi connectivity index (χ3n) is 2.99. The minimum absolute atomic E-state index is 0.483. The minimum atomic E-state index is 0.483. The fraction of sp³-hybridized carbons (Fsp3) is 0.786. The van der Waals surface area contributed by atoms with E-state index < -0.39 is 0 Å². The molecule has 0 bridgehead atoms. The normalized spacial score (nSPS) is 12.8. The Labute approximate surface area is 110 Å². The molecule has 1 heterocycles. The second kappa shape index (κ2) is 9.60. The average Bonchev–Trinajstić information content (AvgIpc) is 2.86. The molecule has 1 rings (SSSR count). The maximum Gasteiger partial charge on any atom is 0.109 e. The molecule has 0 amide bonds. The van der Waals surface area contributed by atoms with Crippen LogP contribution in [0.2, 0.25) is 0 Å². The molecule has 1 atom stereocenters. The number of hydrogen-bond acceptors (Lipinski definition) is 3. The summed E-state index contributed by atoms with van der Waals surface area (Å²) in [4.78, 5) is 4.44. The van der Waals surface area contributed by atoms with Gasteiger partial charge in [0, 0.05) is 11.6 Å². The third-order valence-corrected chi connectivity index (χ3v) is 3.88. The van der Waals surface area contributed by atoms with Crippen LogP contribution < -0.4 is 5.32 Å². The van der Waals surface area contributed by atoms with Crippen LogP contribution in [0.4, 0.5) is 0 Å². The van der Waals surface area contributed by atoms with Crippen LogP contribution in [0.1, 0.15) is 69.8 Å². The van der Waals surface area contributed by atoms with E-state index in [2.05, 4.69) is 29.5 Å². The lowest BCUT2D eigenvalue weighted by Crippen LogP contribution is -2.21. The van der Waals surface area contributed by atoms with Gasteiger partial charge in [0.1, 0.15) is 5.01 Å². The average molecular weight is 254 g/mol. The second-order valence-electron chi connectivity index (χ2n) is 4.58. The quantitative estimate of drug-likeness (QED) is 0.620. The number of nitrogens with zero attached hydrogens (tertiary/aromatic N) is 1. The molecule has 17 heavy (non-hydrogen) atoms. The summed E-state index contributed by atoms with van der Waals surface area (Å²) in [5.74, 6) is 0. The van der Waals surface area contributed by atoms with Gasteiger partial charge < -0.3 is 5.32 Å². The van der Waals surface area contributed by atoms with Crippen molar-refractivity contribution >= 4 is 11.3 Å². The summed E-state index contributed by atoms with van der Waals surface area (Å²) in [5.41, 5.74) is 0. The lowest BCUT2D eigenvalue weighted by atomic mass is 10.1. The van der Waals surface area contributed by atoms with Crippen molar-refractivity contribution in [3.8, 4) is 0 Å². The topological polar surface area (TPSA) is 24.9 Å². The van der Waals surface area contributed by atoms with Crippen molar-refractivity contribution in [1.82, 2.24) is 10.3 Å². The Balaban J connectivity index is 2.26. The van der Waals surface area contributed by atoms with Gasteiger partial charge in [-0.2, -0.15) is 0 Å². The van der Waals surface area contributed by atoms with E-state index in [0.717, 1.165) is 6.54 Å². The summed E-state index contributed by atoms with van der Waals surface area (Å²) >= 11 is 1.78. The molecule has 1 unspecified atom stereocenters. The summed E-state index contributed by atoms with van der Waals surface area (Å²) in [7, 11) is 0. The second-order valence-corrected chi connectivity index (χ2v) is 5.51. The largest absolute Gasteiger partial charge is 0.308 e. The minimum Gasteiger partial charge on any atom is -0.308 e. The monoisotopic (exact) mass is 254 g/mol. The van der Waals surface area contributed by atoms with Gasteiger partial charge in [-0.25, -0.2) is 4.98 Å². The molecule has 0 saturated carbocycles. The van der Waals surface area contributed by atoms with E-state index in [1.807, 2.05) is 6.20 Å². The van der Waals surface area contributed by atoms with Crippen LogP contribution in [0.3, 0.4) is 0 Å². The Hall–Kier alpha value is -0.410. The first-order valence-corrected chi connectivity index (χ1v) is 7.89. The van der Waals surface area contributed by atoms with Crippen molar-refractivity contribution in [3.63, 3.8) is 0 Å². The molecule has 0 aliphatic carbocycles. The summed E-state index contributed by atoms with van der Waals surface area (Å²) in [5, 5.41) is 6.95. The molecule has 1 N–H and O–H groups in total. The van der Waals surface area contributed by atoms with Crippen molar-refractivity contribution in [2.75, 3.05) is 6.54 Å². The smallest absolute Gasteiger partial charge is 0.109 e. The van der Waals surface area contributed by atoms with E-state index in [0.29, 0.717) is 6.04 Å². The number of hydrogen-bond donors (Lipinski definition) is 1. The van der Waals surface area contributed by atoms with Crippen molar-refractivity contribution in [2.45, 2.75) is 64.8 Å². The van der Waals surface area contributed by atoms with Crippen LogP contribution in [-0.2, 0) is 0 Å². The number of nitrogens with one attached hydrogen (secondary N) is 1. The molecule has 98 valence electrons. The van der Waals surface area contributed by atoms with Crippen LogP contribution in [-0.4, -0.2) is 11.5 Å². The zero-order chi connectivity index (χ0) is 12.3. The maximum atomic E-state index is 4.44. The molecular formula is C14H26N2S. The zero-order valence-electron chi connectivity index (χ0n) is 11.2. The van der Waals surface area contributed by atoms with E-state index in [1.165, 1.54) is 50.0 Å². The van der Waals surface area contributed by atoms with E-state index in [4.69, 9.17) is 0 Å². The van der Waals surface area contributed by atoms with Gasteiger partial charge in [-0.05, 0) is 19.4 Å². The molecule has 0 aliphatic rings. The lowest BCUT2D eigenvalue weighted by molar-refractivity contribution is 0.466. The van der Waals surface area contributed by atoms with Gasteiger partial charge in [0.2, 0.25) is 0 Å². The zero-order valence-corrected chi connectivity index (χ0v) is 12.1. The summed E-state index contributed by atoms with van der Waals surface area (Å²) < 4.78 is 0. The van der Waals surface area contributed by atoms with E-state index in [9.17, 15) is 0 Å². The predicted octanol–water partition coefficient (Wildman–Crippen LogP) is 4.54. The lowest BCUT2D eigenvalue weighted by Gasteiger charge is -2.15. The maximum absolute atomic E-state index is 4.44. The molecule has 3 heteroatoms. The van der Waals surface area contributed by atoms with Crippen molar-refractivity contribution in [1.29, 1.82) is 0 Å². The summed E-state index contributed by atoms with van der Waals surface area (Å²) in [6.07, 6.45) is 11.1. The van der Waals surface area contributed by atoms with E-state index >= 15 is 0 Å². The van der Waals surface area contributed by atoms with Crippen LogP contribution in [0.25, 0.3) is 0 Å². The van der Waals surface area contributed by atoms with Crippen LogP contribution in [0.5, 0.6) is 0 Å². The van der Waals surface area contributed by atoms with Crippen molar-refractivity contribution in [3.05, 3.63) is 16.6 Å². The molecule has 0 aliphatic heterocycles. The molecule has 0 fully saturated rings.